The number of rotatable bonds is 11. The van der Waals surface area contributed by atoms with Crippen molar-refractivity contribution in [3.8, 4) is 5.75 Å². The Labute approximate surface area is 200 Å². The van der Waals surface area contributed by atoms with Gasteiger partial charge in [-0.1, -0.05) is 73.6 Å². The molecule has 3 nitrogen and oxygen atoms in total. The van der Waals surface area contributed by atoms with E-state index in [2.05, 4.69) is 78.1 Å². The summed E-state index contributed by atoms with van der Waals surface area (Å²) in [5.41, 5.74) is 3.50. The van der Waals surface area contributed by atoms with Gasteiger partial charge in [-0.25, -0.2) is 0 Å². The molecular weight excluding hydrogens is 414 g/mol. The summed E-state index contributed by atoms with van der Waals surface area (Å²) < 4.78 is 6.42. The molecule has 2 rings (SSSR count). The van der Waals surface area contributed by atoms with Gasteiger partial charge in [-0.3, -0.25) is 4.79 Å². The van der Waals surface area contributed by atoms with Gasteiger partial charge in [-0.2, -0.15) is 0 Å². The fourth-order valence-electron chi connectivity index (χ4n) is 3.74. The maximum Gasteiger partial charge on any atom is 0.265 e. The molecule has 1 N–H and O–H groups in total. The zero-order valence-corrected chi connectivity index (χ0v) is 22.2. The maximum atomic E-state index is 13.2. The Hall–Kier alpha value is -1.68. The van der Waals surface area contributed by atoms with Gasteiger partial charge in [-0.05, 0) is 66.4 Å². The number of amides is 1. The number of allylic oxidation sites excluding steroid dienone is 3. The van der Waals surface area contributed by atoms with Gasteiger partial charge in [0.2, 0.25) is 0 Å². The van der Waals surface area contributed by atoms with Crippen molar-refractivity contribution in [2.75, 3.05) is 5.75 Å². The molecule has 32 heavy (non-hydrogen) atoms. The van der Waals surface area contributed by atoms with E-state index in [4.69, 9.17) is 4.74 Å². The van der Waals surface area contributed by atoms with E-state index >= 15 is 0 Å². The maximum absolute atomic E-state index is 13.2. The summed E-state index contributed by atoms with van der Waals surface area (Å²) in [6, 6.07) is 6.55. The first-order valence-corrected chi connectivity index (χ1v) is 13.2. The fraction of sp³-hybridized carbons (Fsp3) is 0.607. The molecule has 0 aliphatic heterocycles. The summed E-state index contributed by atoms with van der Waals surface area (Å²) in [4.78, 5) is 14.4. The van der Waals surface area contributed by atoms with E-state index < -0.39 is 6.10 Å². The van der Waals surface area contributed by atoms with E-state index in [0.29, 0.717) is 6.42 Å². The van der Waals surface area contributed by atoms with Crippen LogP contribution in [0.1, 0.15) is 98.6 Å². The Bertz CT molecular complexity index is 851. The molecular formula is C28H43NO2S. The van der Waals surface area contributed by atoms with Crippen LogP contribution in [0, 0.1) is 0 Å². The second-order valence-corrected chi connectivity index (χ2v) is 11.3. The highest BCUT2D eigenvalue weighted by atomic mass is 32.2. The van der Waals surface area contributed by atoms with Crippen LogP contribution in [0.2, 0.25) is 0 Å². The van der Waals surface area contributed by atoms with Crippen molar-refractivity contribution in [3.63, 3.8) is 0 Å². The van der Waals surface area contributed by atoms with Crippen LogP contribution in [0.4, 0.5) is 0 Å². The Kier molecular flexibility index (Phi) is 9.51. The highest BCUT2D eigenvalue weighted by Gasteiger charge is 2.29. The summed E-state index contributed by atoms with van der Waals surface area (Å²) in [5, 5.41) is 3.15. The topological polar surface area (TPSA) is 38.3 Å². The van der Waals surface area contributed by atoms with Gasteiger partial charge in [0.05, 0.1) is 5.70 Å². The van der Waals surface area contributed by atoms with Crippen LogP contribution in [0.25, 0.3) is 0 Å². The molecule has 0 heterocycles. The SMILES string of the molecule is CCSC1=C(NC(=O)C(CC)Oc2ccc(C(C)(C)CC)cc2C(C)(C)CC)C=CCC1. The van der Waals surface area contributed by atoms with Gasteiger partial charge in [-0.15, -0.1) is 11.8 Å². The van der Waals surface area contributed by atoms with Crippen molar-refractivity contribution < 1.29 is 9.53 Å². The van der Waals surface area contributed by atoms with E-state index in [1.807, 2.05) is 24.8 Å². The Balaban J connectivity index is 2.34. The molecule has 0 spiro atoms. The number of carbonyl (C=O) groups excluding carboxylic acids is 1. The third-order valence-electron chi connectivity index (χ3n) is 6.89. The molecule has 1 aromatic rings. The summed E-state index contributed by atoms with van der Waals surface area (Å²) >= 11 is 1.81. The van der Waals surface area contributed by atoms with Crippen molar-refractivity contribution in [3.05, 3.63) is 52.1 Å². The molecule has 1 aliphatic carbocycles. The van der Waals surface area contributed by atoms with E-state index in [9.17, 15) is 4.79 Å². The highest BCUT2D eigenvalue weighted by Crippen LogP contribution is 2.39. The standard InChI is InChI=1S/C28H43NO2S/c1-9-23(26(30)29-22-15-13-14-16-25(22)32-12-4)31-24-18-17-20(27(5,6)10-2)19-21(24)28(7,8)11-3/h13,15,17-19,23H,9-12,14,16H2,1-8H3,(H,29,30). The first kappa shape index (κ1) is 26.6. The van der Waals surface area contributed by atoms with Gasteiger partial charge in [0.1, 0.15) is 5.75 Å². The number of carbonyl (C=O) groups is 1. The Morgan fingerprint density at radius 2 is 1.78 bits per heavy atom. The lowest BCUT2D eigenvalue weighted by molar-refractivity contribution is -0.127. The van der Waals surface area contributed by atoms with Crippen LogP contribution < -0.4 is 10.1 Å². The lowest BCUT2D eigenvalue weighted by Crippen LogP contribution is -2.38. The van der Waals surface area contributed by atoms with Crippen molar-refractivity contribution in [1.29, 1.82) is 0 Å². The van der Waals surface area contributed by atoms with E-state index in [1.165, 1.54) is 16.0 Å². The minimum atomic E-state index is -0.526. The molecule has 0 saturated carbocycles. The highest BCUT2D eigenvalue weighted by molar-refractivity contribution is 8.03. The predicted octanol–water partition coefficient (Wildman–Crippen LogP) is 7.65. The van der Waals surface area contributed by atoms with Crippen molar-refractivity contribution in [2.24, 2.45) is 0 Å². The third-order valence-corrected chi connectivity index (χ3v) is 7.95. The molecule has 178 valence electrons. The normalized spacial score (nSPS) is 15.6. The van der Waals surface area contributed by atoms with Crippen LogP contribution >= 0.6 is 11.8 Å². The van der Waals surface area contributed by atoms with Gasteiger partial charge in [0.25, 0.3) is 5.91 Å². The molecule has 1 atom stereocenters. The third kappa shape index (κ3) is 6.43. The number of hydrogen-bond donors (Lipinski definition) is 1. The van der Waals surface area contributed by atoms with Gasteiger partial charge >= 0.3 is 0 Å². The molecule has 0 saturated heterocycles. The zero-order valence-electron chi connectivity index (χ0n) is 21.4. The molecule has 0 bridgehead atoms. The minimum absolute atomic E-state index is 0.0382. The largest absolute Gasteiger partial charge is 0.480 e. The first-order chi connectivity index (χ1) is 15.1. The Morgan fingerprint density at radius 3 is 2.38 bits per heavy atom. The number of hydrogen-bond acceptors (Lipinski definition) is 3. The smallest absolute Gasteiger partial charge is 0.265 e. The first-order valence-electron chi connectivity index (χ1n) is 12.2. The molecule has 4 heteroatoms. The lowest BCUT2D eigenvalue weighted by Gasteiger charge is -2.31. The second-order valence-electron chi connectivity index (χ2n) is 9.90. The molecule has 0 radical (unpaired) electrons. The number of ether oxygens (including phenoxy) is 1. The second kappa shape index (κ2) is 11.4. The number of benzene rings is 1. The van der Waals surface area contributed by atoms with Crippen LogP contribution in [0.15, 0.2) is 41.0 Å². The zero-order chi connectivity index (χ0) is 23.9. The quantitative estimate of drug-likeness (QED) is 0.371. The monoisotopic (exact) mass is 457 g/mol. The van der Waals surface area contributed by atoms with Gasteiger partial charge < -0.3 is 10.1 Å². The summed E-state index contributed by atoms with van der Waals surface area (Å²) in [6.07, 6.45) is 8.36. The molecule has 0 fully saturated rings. The Morgan fingerprint density at radius 1 is 1.09 bits per heavy atom. The van der Waals surface area contributed by atoms with Gasteiger partial charge in [0.15, 0.2) is 6.10 Å². The molecule has 1 aliphatic rings. The van der Waals surface area contributed by atoms with E-state index in [-0.39, 0.29) is 16.7 Å². The predicted molar refractivity (Wildman–Crippen MR) is 139 cm³/mol. The molecule has 0 aromatic heterocycles. The lowest BCUT2D eigenvalue weighted by atomic mass is 9.76. The van der Waals surface area contributed by atoms with Crippen LogP contribution in [-0.4, -0.2) is 17.8 Å². The van der Waals surface area contributed by atoms with Gasteiger partial charge in [0, 0.05) is 10.5 Å². The minimum Gasteiger partial charge on any atom is -0.480 e. The van der Waals surface area contributed by atoms with Crippen LogP contribution in [-0.2, 0) is 15.6 Å². The summed E-state index contributed by atoms with van der Waals surface area (Å²) in [6.45, 7) is 17.7. The summed E-state index contributed by atoms with van der Waals surface area (Å²) in [5.74, 6) is 1.76. The van der Waals surface area contributed by atoms with Crippen molar-refractivity contribution in [1.82, 2.24) is 5.32 Å². The van der Waals surface area contributed by atoms with Crippen LogP contribution in [0.3, 0.4) is 0 Å². The molecule has 1 unspecified atom stereocenters. The van der Waals surface area contributed by atoms with E-state index in [0.717, 1.165) is 42.9 Å². The van der Waals surface area contributed by atoms with E-state index in [1.54, 1.807) is 0 Å². The van der Waals surface area contributed by atoms with Crippen molar-refractivity contribution in [2.45, 2.75) is 104 Å². The van der Waals surface area contributed by atoms with Crippen LogP contribution in [0.5, 0.6) is 5.75 Å². The number of nitrogens with one attached hydrogen (secondary N) is 1. The molecule has 1 amide bonds. The molecule has 1 aromatic carbocycles. The number of thioether (sulfide) groups is 1. The summed E-state index contributed by atoms with van der Waals surface area (Å²) in [7, 11) is 0. The fourth-order valence-corrected chi connectivity index (χ4v) is 4.63. The average Bonchev–Trinajstić information content (AvgIpc) is 2.78. The van der Waals surface area contributed by atoms with Crippen molar-refractivity contribution >= 4 is 17.7 Å². The average molecular weight is 458 g/mol.